The van der Waals surface area contributed by atoms with E-state index in [0.717, 1.165) is 19.3 Å². The van der Waals surface area contributed by atoms with Crippen LogP contribution in [0.3, 0.4) is 0 Å². The van der Waals surface area contributed by atoms with E-state index < -0.39 is 10.0 Å². The molecule has 0 aliphatic heterocycles. The van der Waals surface area contributed by atoms with Gasteiger partial charge in [0.2, 0.25) is 10.0 Å². The van der Waals surface area contributed by atoms with Gasteiger partial charge < -0.3 is 0 Å². The second-order valence-electron chi connectivity index (χ2n) is 4.44. The lowest BCUT2D eigenvalue weighted by Crippen LogP contribution is -2.35. The minimum absolute atomic E-state index is 0.0670. The van der Waals surface area contributed by atoms with Crippen LogP contribution >= 0.6 is 0 Å². The van der Waals surface area contributed by atoms with Gasteiger partial charge in [-0.2, -0.15) is 0 Å². The minimum Gasteiger partial charge on any atom is -0.213 e. The van der Waals surface area contributed by atoms with E-state index in [1.54, 1.807) is 0 Å². The lowest BCUT2D eigenvalue weighted by Gasteiger charge is -2.20. The Morgan fingerprint density at radius 2 is 1.88 bits per heavy atom. The first kappa shape index (κ1) is 11.6. The molecule has 0 aromatic heterocycles. The van der Waals surface area contributed by atoms with E-state index >= 15 is 0 Å². The van der Waals surface area contributed by atoms with Gasteiger partial charge in [0.25, 0.3) is 0 Å². The van der Waals surface area contributed by atoms with Crippen LogP contribution in [0.2, 0.25) is 0 Å². The quantitative estimate of drug-likeness (QED) is 0.875. The molecule has 0 amide bonds. The van der Waals surface area contributed by atoms with Crippen molar-refractivity contribution in [3.05, 3.63) is 35.9 Å². The minimum atomic E-state index is -3.10. The number of benzene rings is 1. The highest BCUT2D eigenvalue weighted by atomic mass is 32.2. The highest BCUT2D eigenvalue weighted by Gasteiger charge is 2.30. The third-order valence-corrected chi connectivity index (χ3v) is 3.84. The molecule has 4 heteroatoms. The molecule has 1 aromatic carbocycles. The van der Waals surface area contributed by atoms with Crippen molar-refractivity contribution in [2.24, 2.45) is 0 Å². The topological polar surface area (TPSA) is 46.2 Å². The van der Waals surface area contributed by atoms with E-state index in [1.165, 1.54) is 11.8 Å². The fourth-order valence-electron chi connectivity index (χ4n) is 2.48. The summed E-state index contributed by atoms with van der Waals surface area (Å²) >= 11 is 0. The van der Waals surface area contributed by atoms with Gasteiger partial charge in [0, 0.05) is 12.0 Å². The Labute approximate surface area is 96.9 Å². The first-order valence-electron chi connectivity index (χ1n) is 5.58. The second-order valence-corrected chi connectivity index (χ2v) is 6.22. The summed E-state index contributed by atoms with van der Waals surface area (Å²) in [6.07, 6.45) is 4.32. The molecule has 1 aromatic rings. The molecule has 0 heterocycles. The zero-order valence-electron chi connectivity index (χ0n) is 9.39. The van der Waals surface area contributed by atoms with Crippen LogP contribution in [0, 0.1) is 0 Å². The maximum Gasteiger partial charge on any atom is 0.208 e. The lowest BCUT2D eigenvalue weighted by molar-refractivity contribution is 0.529. The van der Waals surface area contributed by atoms with Crippen molar-refractivity contribution in [1.29, 1.82) is 0 Å². The van der Waals surface area contributed by atoms with Crippen molar-refractivity contribution in [2.75, 3.05) is 6.26 Å². The molecular formula is C12H17NO2S. The van der Waals surface area contributed by atoms with Crippen LogP contribution in [0.25, 0.3) is 0 Å². The van der Waals surface area contributed by atoms with Crippen molar-refractivity contribution in [3.8, 4) is 0 Å². The molecule has 1 saturated carbocycles. The molecule has 0 radical (unpaired) electrons. The Hall–Kier alpha value is -0.870. The molecule has 0 saturated heterocycles. The number of hydrogen-bond donors (Lipinski definition) is 1. The average Bonchev–Trinajstić information content (AvgIpc) is 2.64. The molecule has 2 atom stereocenters. The van der Waals surface area contributed by atoms with Crippen LogP contribution in [-0.2, 0) is 10.0 Å². The van der Waals surface area contributed by atoms with Crippen LogP contribution in [-0.4, -0.2) is 20.7 Å². The van der Waals surface area contributed by atoms with Gasteiger partial charge in [0.05, 0.1) is 6.26 Å². The molecule has 1 unspecified atom stereocenters. The van der Waals surface area contributed by atoms with E-state index in [1.807, 2.05) is 18.2 Å². The van der Waals surface area contributed by atoms with E-state index in [-0.39, 0.29) is 6.04 Å². The van der Waals surface area contributed by atoms with Gasteiger partial charge in [-0.05, 0) is 18.4 Å². The highest BCUT2D eigenvalue weighted by Crippen LogP contribution is 2.34. The Balaban J connectivity index is 2.16. The largest absolute Gasteiger partial charge is 0.213 e. The van der Waals surface area contributed by atoms with Gasteiger partial charge in [-0.15, -0.1) is 0 Å². The number of rotatable bonds is 3. The van der Waals surface area contributed by atoms with Crippen molar-refractivity contribution in [3.63, 3.8) is 0 Å². The number of sulfonamides is 1. The Bertz CT molecular complexity index is 441. The van der Waals surface area contributed by atoms with Crippen molar-refractivity contribution >= 4 is 10.0 Å². The van der Waals surface area contributed by atoms with E-state index in [9.17, 15) is 8.42 Å². The maximum absolute atomic E-state index is 11.3. The second kappa shape index (κ2) is 4.55. The summed E-state index contributed by atoms with van der Waals surface area (Å²) in [6, 6.07) is 10.2. The lowest BCUT2D eigenvalue weighted by atomic mass is 9.95. The molecule has 2 rings (SSSR count). The monoisotopic (exact) mass is 239 g/mol. The fourth-order valence-corrected chi connectivity index (χ4v) is 3.31. The van der Waals surface area contributed by atoms with Crippen LogP contribution in [0.5, 0.6) is 0 Å². The van der Waals surface area contributed by atoms with Gasteiger partial charge in [-0.1, -0.05) is 36.8 Å². The van der Waals surface area contributed by atoms with E-state index in [0.29, 0.717) is 5.92 Å². The summed E-state index contributed by atoms with van der Waals surface area (Å²) in [5.74, 6) is 0.330. The van der Waals surface area contributed by atoms with Gasteiger partial charge in [0.15, 0.2) is 0 Å². The molecule has 1 aliphatic carbocycles. The number of nitrogens with one attached hydrogen (secondary N) is 1. The van der Waals surface area contributed by atoms with Crippen LogP contribution in [0.4, 0.5) is 0 Å². The molecule has 3 nitrogen and oxygen atoms in total. The predicted molar refractivity (Wildman–Crippen MR) is 64.8 cm³/mol. The Morgan fingerprint density at radius 3 is 2.50 bits per heavy atom. The summed E-state index contributed by atoms with van der Waals surface area (Å²) in [4.78, 5) is 0. The van der Waals surface area contributed by atoms with E-state index in [4.69, 9.17) is 0 Å². The Kier molecular flexibility index (Phi) is 3.30. The summed E-state index contributed by atoms with van der Waals surface area (Å²) in [5, 5.41) is 0. The SMILES string of the molecule is CS(=O)(=O)N[C@@H]1CCCC1c1ccccc1. The maximum atomic E-state index is 11.3. The summed E-state index contributed by atoms with van der Waals surface area (Å²) in [5.41, 5.74) is 1.24. The summed E-state index contributed by atoms with van der Waals surface area (Å²) in [7, 11) is -3.10. The highest BCUT2D eigenvalue weighted by molar-refractivity contribution is 7.88. The van der Waals surface area contributed by atoms with Gasteiger partial charge in [0.1, 0.15) is 0 Å². The average molecular weight is 239 g/mol. The van der Waals surface area contributed by atoms with Crippen LogP contribution in [0.15, 0.2) is 30.3 Å². The van der Waals surface area contributed by atoms with Crippen molar-refractivity contribution in [1.82, 2.24) is 4.72 Å². The first-order chi connectivity index (χ1) is 7.56. The van der Waals surface area contributed by atoms with Crippen molar-refractivity contribution in [2.45, 2.75) is 31.2 Å². The predicted octanol–water partition coefficient (Wildman–Crippen LogP) is 1.87. The summed E-state index contributed by atoms with van der Waals surface area (Å²) < 4.78 is 25.2. The fraction of sp³-hybridized carbons (Fsp3) is 0.500. The molecular weight excluding hydrogens is 222 g/mol. The third-order valence-electron chi connectivity index (χ3n) is 3.11. The molecule has 0 bridgehead atoms. The number of hydrogen-bond acceptors (Lipinski definition) is 2. The normalized spacial score (nSPS) is 25.8. The van der Waals surface area contributed by atoms with Gasteiger partial charge in [-0.25, -0.2) is 13.1 Å². The first-order valence-corrected chi connectivity index (χ1v) is 7.47. The standard InChI is InChI=1S/C12H17NO2S/c1-16(14,15)13-12-9-5-8-11(12)10-6-3-2-4-7-10/h2-4,6-7,11-13H,5,8-9H2,1H3/t11?,12-/m1/s1. The molecule has 0 spiro atoms. The van der Waals surface area contributed by atoms with Crippen LogP contribution in [0.1, 0.15) is 30.7 Å². The molecule has 88 valence electrons. The Morgan fingerprint density at radius 1 is 1.19 bits per heavy atom. The van der Waals surface area contributed by atoms with Crippen LogP contribution < -0.4 is 4.72 Å². The molecule has 16 heavy (non-hydrogen) atoms. The summed E-state index contributed by atoms with van der Waals surface area (Å²) in [6.45, 7) is 0. The molecule has 1 N–H and O–H groups in total. The van der Waals surface area contributed by atoms with E-state index in [2.05, 4.69) is 16.9 Å². The van der Waals surface area contributed by atoms with Gasteiger partial charge >= 0.3 is 0 Å². The van der Waals surface area contributed by atoms with Gasteiger partial charge in [-0.3, -0.25) is 0 Å². The van der Waals surface area contributed by atoms with Crippen molar-refractivity contribution < 1.29 is 8.42 Å². The third kappa shape index (κ3) is 2.83. The zero-order chi connectivity index (χ0) is 11.6. The molecule has 1 aliphatic rings. The zero-order valence-corrected chi connectivity index (χ0v) is 10.2. The smallest absolute Gasteiger partial charge is 0.208 e. The molecule has 1 fully saturated rings.